The Kier molecular flexibility index (Phi) is 8.02. The van der Waals surface area contributed by atoms with Crippen molar-refractivity contribution in [1.82, 2.24) is 9.62 Å². The molecule has 0 spiro atoms. The molecule has 0 radical (unpaired) electrons. The number of nitrogens with zero attached hydrogens (tertiary/aromatic N) is 1. The second-order valence-electron chi connectivity index (χ2n) is 6.29. The number of carbonyl (C=O) groups is 1. The van der Waals surface area contributed by atoms with Crippen molar-refractivity contribution in [2.45, 2.75) is 37.1 Å². The average molecular weight is 384 g/mol. The van der Waals surface area contributed by atoms with Gasteiger partial charge in [0.2, 0.25) is 15.9 Å². The third-order valence-electron chi connectivity index (χ3n) is 4.45. The van der Waals surface area contributed by atoms with Gasteiger partial charge in [0, 0.05) is 26.2 Å². The van der Waals surface area contributed by atoms with E-state index >= 15 is 0 Å². The molecule has 1 aromatic carbocycles. The number of hydrogen-bond donors (Lipinski definition) is 1. The fourth-order valence-corrected chi connectivity index (χ4v) is 4.33. The molecule has 0 aliphatic carbocycles. The van der Waals surface area contributed by atoms with Crippen LogP contribution >= 0.6 is 0 Å². The topological polar surface area (TPSA) is 84.9 Å². The van der Waals surface area contributed by atoms with E-state index in [-0.39, 0.29) is 18.6 Å². The molecular weight excluding hydrogens is 356 g/mol. The fourth-order valence-electron chi connectivity index (χ4n) is 2.86. The first kappa shape index (κ1) is 20.8. The highest BCUT2D eigenvalue weighted by Crippen LogP contribution is 2.21. The Labute approximate surface area is 155 Å². The van der Waals surface area contributed by atoms with Crippen LogP contribution in [0.25, 0.3) is 0 Å². The molecule has 146 valence electrons. The summed E-state index contributed by atoms with van der Waals surface area (Å²) in [5, 5.41) is 2.90. The molecule has 8 heteroatoms. The van der Waals surface area contributed by atoms with Crippen molar-refractivity contribution >= 4 is 15.9 Å². The molecule has 1 fully saturated rings. The molecule has 0 unspecified atom stereocenters. The minimum atomic E-state index is -3.48. The molecule has 7 nitrogen and oxygen atoms in total. The minimum absolute atomic E-state index is 0.00828. The van der Waals surface area contributed by atoms with Gasteiger partial charge in [-0.1, -0.05) is 19.1 Å². The van der Waals surface area contributed by atoms with Crippen LogP contribution in [0.3, 0.4) is 0 Å². The second kappa shape index (κ2) is 10.0. The Morgan fingerprint density at radius 3 is 2.42 bits per heavy atom. The Morgan fingerprint density at radius 1 is 1.19 bits per heavy atom. The zero-order valence-corrected chi connectivity index (χ0v) is 16.3. The first-order valence-electron chi connectivity index (χ1n) is 8.92. The summed E-state index contributed by atoms with van der Waals surface area (Å²) in [6.45, 7) is 3.64. The van der Waals surface area contributed by atoms with Crippen molar-refractivity contribution in [3.05, 3.63) is 29.8 Å². The molecule has 1 N–H and O–H groups in total. The van der Waals surface area contributed by atoms with E-state index in [1.165, 1.54) is 4.31 Å². The molecule has 1 aliphatic rings. The third kappa shape index (κ3) is 5.77. The van der Waals surface area contributed by atoms with Crippen LogP contribution in [-0.4, -0.2) is 64.7 Å². The van der Waals surface area contributed by atoms with Crippen molar-refractivity contribution in [2.24, 2.45) is 0 Å². The summed E-state index contributed by atoms with van der Waals surface area (Å²) in [7, 11) is -1.90. The second-order valence-corrected chi connectivity index (χ2v) is 8.23. The number of ether oxygens (including phenoxy) is 2. The highest BCUT2D eigenvalue weighted by Gasteiger charge is 2.29. The summed E-state index contributed by atoms with van der Waals surface area (Å²) >= 11 is 0. The Bertz CT molecular complexity index is 667. The van der Waals surface area contributed by atoms with Gasteiger partial charge in [-0.15, -0.1) is 0 Å². The quantitative estimate of drug-likeness (QED) is 0.646. The maximum atomic E-state index is 12.7. The van der Waals surface area contributed by atoms with Gasteiger partial charge >= 0.3 is 0 Å². The first-order chi connectivity index (χ1) is 12.5. The SMILES string of the molecule is CCc1ccc(S(=O)(=O)N2CCC(NC(=O)COCCOC)CC2)cc1. The molecule has 0 aromatic heterocycles. The molecule has 1 amide bonds. The number of methoxy groups -OCH3 is 1. The lowest BCUT2D eigenvalue weighted by atomic mass is 10.1. The first-order valence-corrected chi connectivity index (χ1v) is 10.4. The van der Waals surface area contributed by atoms with Crippen LogP contribution in [0.15, 0.2) is 29.2 Å². The lowest BCUT2D eigenvalue weighted by molar-refractivity contribution is -0.127. The Hall–Kier alpha value is -1.48. The van der Waals surface area contributed by atoms with Crippen LogP contribution in [0.1, 0.15) is 25.3 Å². The zero-order chi connectivity index (χ0) is 19.0. The van der Waals surface area contributed by atoms with Crippen molar-refractivity contribution in [3.63, 3.8) is 0 Å². The molecule has 0 atom stereocenters. The fraction of sp³-hybridized carbons (Fsp3) is 0.611. The monoisotopic (exact) mass is 384 g/mol. The number of amides is 1. The zero-order valence-electron chi connectivity index (χ0n) is 15.4. The minimum Gasteiger partial charge on any atom is -0.382 e. The maximum absolute atomic E-state index is 12.7. The van der Waals surface area contributed by atoms with E-state index in [4.69, 9.17) is 9.47 Å². The number of aryl methyl sites for hydroxylation is 1. The summed E-state index contributed by atoms with van der Waals surface area (Å²) in [5.41, 5.74) is 1.11. The number of rotatable bonds is 9. The van der Waals surface area contributed by atoms with E-state index in [1.807, 2.05) is 19.1 Å². The number of nitrogens with one attached hydrogen (secondary N) is 1. The summed E-state index contributed by atoms with van der Waals surface area (Å²) in [4.78, 5) is 12.1. The van der Waals surface area contributed by atoms with E-state index in [9.17, 15) is 13.2 Å². The number of carbonyl (C=O) groups excluding carboxylic acids is 1. The lowest BCUT2D eigenvalue weighted by Crippen LogP contribution is -2.47. The van der Waals surface area contributed by atoms with E-state index in [0.29, 0.717) is 44.0 Å². The summed E-state index contributed by atoms with van der Waals surface area (Å²) in [6, 6.07) is 7.01. The summed E-state index contributed by atoms with van der Waals surface area (Å²) < 4.78 is 37.0. The van der Waals surface area contributed by atoms with E-state index in [0.717, 1.165) is 12.0 Å². The van der Waals surface area contributed by atoms with Gasteiger partial charge in [-0.3, -0.25) is 4.79 Å². The van der Waals surface area contributed by atoms with Gasteiger partial charge in [0.15, 0.2) is 0 Å². The predicted molar refractivity (Wildman–Crippen MR) is 98.4 cm³/mol. The number of hydrogen-bond acceptors (Lipinski definition) is 5. The summed E-state index contributed by atoms with van der Waals surface area (Å²) in [6.07, 6.45) is 2.06. The standard InChI is InChI=1S/C18H28N2O5S/c1-3-15-4-6-17(7-5-15)26(22,23)20-10-8-16(9-11-20)19-18(21)14-25-13-12-24-2/h4-7,16H,3,8-14H2,1-2H3,(H,19,21). The highest BCUT2D eigenvalue weighted by molar-refractivity contribution is 7.89. The molecule has 2 rings (SSSR count). The van der Waals surface area contributed by atoms with Crippen LogP contribution in [0.2, 0.25) is 0 Å². The van der Waals surface area contributed by atoms with E-state index in [1.54, 1.807) is 19.2 Å². The largest absolute Gasteiger partial charge is 0.382 e. The van der Waals surface area contributed by atoms with Crippen LogP contribution in [0.4, 0.5) is 0 Å². The Morgan fingerprint density at radius 2 is 1.85 bits per heavy atom. The molecule has 0 bridgehead atoms. The van der Waals surface area contributed by atoms with Crippen LogP contribution in [-0.2, 0) is 30.7 Å². The predicted octanol–water partition coefficient (Wildman–Crippen LogP) is 1.18. The third-order valence-corrected chi connectivity index (χ3v) is 6.37. The van der Waals surface area contributed by atoms with Gasteiger partial charge in [0.1, 0.15) is 6.61 Å². The van der Waals surface area contributed by atoms with Gasteiger partial charge in [-0.05, 0) is 37.0 Å². The van der Waals surface area contributed by atoms with Gasteiger partial charge in [-0.2, -0.15) is 4.31 Å². The average Bonchev–Trinajstić information content (AvgIpc) is 2.66. The van der Waals surface area contributed by atoms with Crippen molar-refractivity contribution in [2.75, 3.05) is 40.0 Å². The van der Waals surface area contributed by atoms with E-state index < -0.39 is 10.0 Å². The van der Waals surface area contributed by atoms with Crippen molar-refractivity contribution in [3.8, 4) is 0 Å². The van der Waals surface area contributed by atoms with Crippen LogP contribution in [0, 0.1) is 0 Å². The van der Waals surface area contributed by atoms with E-state index in [2.05, 4.69) is 5.32 Å². The van der Waals surface area contributed by atoms with Crippen molar-refractivity contribution < 1.29 is 22.7 Å². The smallest absolute Gasteiger partial charge is 0.246 e. The van der Waals surface area contributed by atoms with Gasteiger partial charge in [-0.25, -0.2) is 8.42 Å². The summed E-state index contributed by atoms with van der Waals surface area (Å²) in [5.74, 6) is -0.183. The molecule has 26 heavy (non-hydrogen) atoms. The van der Waals surface area contributed by atoms with Crippen molar-refractivity contribution in [1.29, 1.82) is 0 Å². The Balaban J connectivity index is 1.82. The lowest BCUT2D eigenvalue weighted by Gasteiger charge is -2.31. The molecule has 0 saturated carbocycles. The van der Waals surface area contributed by atoms with Gasteiger partial charge < -0.3 is 14.8 Å². The number of benzene rings is 1. The molecule has 1 heterocycles. The van der Waals surface area contributed by atoms with Gasteiger partial charge in [0.05, 0.1) is 18.1 Å². The highest BCUT2D eigenvalue weighted by atomic mass is 32.2. The van der Waals surface area contributed by atoms with Crippen LogP contribution < -0.4 is 5.32 Å². The number of piperidine rings is 1. The van der Waals surface area contributed by atoms with Gasteiger partial charge in [0.25, 0.3) is 0 Å². The number of sulfonamides is 1. The maximum Gasteiger partial charge on any atom is 0.246 e. The molecule has 1 aliphatic heterocycles. The molecule has 1 saturated heterocycles. The van der Waals surface area contributed by atoms with Crippen LogP contribution in [0.5, 0.6) is 0 Å². The molecule has 1 aromatic rings. The molecular formula is C18H28N2O5S. The normalized spacial score (nSPS) is 16.5.